The van der Waals surface area contributed by atoms with Gasteiger partial charge in [0.1, 0.15) is 0 Å². The number of rotatable bonds is 4. The molecular formula is C22H24N4O3. The second-order valence-electron chi connectivity index (χ2n) is 7.54. The van der Waals surface area contributed by atoms with Crippen LogP contribution in [0.3, 0.4) is 0 Å². The fraction of sp³-hybridized carbons (Fsp3) is 0.318. The van der Waals surface area contributed by atoms with Gasteiger partial charge < -0.3 is 9.80 Å². The van der Waals surface area contributed by atoms with Crippen LogP contribution in [0.1, 0.15) is 35.2 Å². The number of amides is 1. The number of hydrogen-bond donors (Lipinski definition) is 2. The van der Waals surface area contributed by atoms with Crippen LogP contribution in [0.25, 0.3) is 10.8 Å². The molecule has 0 atom stereocenters. The van der Waals surface area contributed by atoms with Gasteiger partial charge in [0, 0.05) is 37.9 Å². The molecule has 2 aromatic carbocycles. The second-order valence-corrected chi connectivity index (χ2v) is 7.54. The van der Waals surface area contributed by atoms with Crippen LogP contribution >= 0.6 is 0 Å². The molecule has 29 heavy (non-hydrogen) atoms. The van der Waals surface area contributed by atoms with Crippen LogP contribution in [-0.2, 0) is 6.54 Å². The maximum Gasteiger partial charge on any atom is 0.270 e. The Bertz CT molecular complexity index is 1140. The largest absolute Gasteiger partial charge is 0.372 e. The predicted octanol–water partition coefficient (Wildman–Crippen LogP) is 2.48. The minimum absolute atomic E-state index is 0.202. The van der Waals surface area contributed by atoms with Crippen molar-refractivity contribution in [2.45, 2.75) is 25.8 Å². The van der Waals surface area contributed by atoms with Crippen molar-refractivity contribution in [3.8, 4) is 0 Å². The fourth-order valence-electron chi connectivity index (χ4n) is 3.84. The second kappa shape index (κ2) is 7.95. The van der Waals surface area contributed by atoms with Crippen molar-refractivity contribution in [2.24, 2.45) is 0 Å². The van der Waals surface area contributed by atoms with Crippen LogP contribution in [0.2, 0.25) is 0 Å². The number of carbonyl (C=O) groups is 1. The van der Waals surface area contributed by atoms with Crippen LogP contribution in [0.5, 0.6) is 0 Å². The van der Waals surface area contributed by atoms with E-state index in [1.165, 1.54) is 37.1 Å². The molecule has 0 aliphatic carbocycles. The van der Waals surface area contributed by atoms with Crippen molar-refractivity contribution in [1.29, 1.82) is 0 Å². The standard InChI is InChI=1S/C22H24N4O3/c1-25(14-15-5-8-17(9-6-15)26-11-3-2-4-12-26)22(29)16-7-10-18-19(13-16)21(28)24-23-20(18)27/h5-10,13H,2-4,11-12,14H2,1H3,(H,23,27)(H,24,28). The molecule has 0 saturated carbocycles. The lowest BCUT2D eigenvalue weighted by Crippen LogP contribution is -2.29. The van der Waals surface area contributed by atoms with E-state index in [-0.39, 0.29) is 22.2 Å². The maximum absolute atomic E-state index is 12.8. The number of anilines is 1. The number of nitrogens with zero attached hydrogens (tertiary/aromatic N) is 2. The van der Waals surface area contributed by atoms with E-state index in [9.17, 15) is 14.4 Å². The highest BCUT2D eigenvalue weighted by Crippen LogP contribution is 2.21. The first-order valence-electron chi connectivity index (χ1n) is 9.87. The molecule has 0 bridgehead atoms. The van der Waals surface area contributed by atoms with E-state index >= 15 is 0 Å². The number of piperidine rings is 1. The van der Waals surface area contributed by atoms with E-state index < -0.39 is 5.56 Å². The zero-order valence-corrected chi connectivity index (χ0v) is 16.4. The third kappa shape index (κ3) is 3.94. The van der Waals surface area contributed by atoms with Gasteiger partial charge in [-0.25, -0.2) is 0 Å². The van der Waals surface area contributed by atoms with Gasteiger partial charge in [0.2, 0.25) is 0 Å². The number of H-pyrrole nitrogens is 2. The normalized spacial score (nSPS) is 14.2. The number of aromatic amines is 2. The highest BCUT2D eigenvalue weighted by molar-refractivity contribution is 5.98. The van der Waals surface area contributed by atoms with Crippen molar-refractivity contribution < 1.29 is 4.79 Å². The summed E-state index contributed by atoms with van der Waals surface area (Å²) in [5.41, 5.74) is 1.82. The number of benzene rings is 2. The molecule has 1 aliphatic rings. The molecule has 4 rings (SSSR count). The molecule has 7 heteroatoms. The summed E-state index contributed by atoms with van der Waals surface area (Å²) in [4.78, 5) is 40.6. The molecule has 0 spiro atoms. The van der Waals surface area contributed by atoms with Crippen LogP contribution in [-0.4, -0.2) is 41.1 Å². The van der Waals surface area contributed by atoms with Gasteiger partial charge in [-0.3, -0.25) is 24.6 Å². The molecular weight excluding hydrogens is 368 g/mol. The molecule has 2 N–H and O–H groups in total. The van der Waals surface area contributed by atoms with E-state index in [4.69, 9.17) is 0 Å². The fourth-order valence-corrected chi connectivity index (χ4v) is 3.84. The van der Waals surface area contributed by atoms with Crippen molar-refractivity contribution in [1.82, 2.24) is 15.1 Å². The van der Waals surface area contributed by atoms with Gasteiger partial charge in [0.25, 0.3) is 17.0 Å². The summed E-state index contributed by atoms with van der Waals surface area (Å²) in [6.45, 7) is 2.66. The Morgan fingerprint density at radius 2 is 1.59 bits per heavy atom. The maximum atomic E-state index is 12.8. The van der Waals surface area contributed by atoms with Crippen molar-refractivity contribution in [2.75, 3.05) is 25.0 Å². The predicted molar refractivity (Wildman–Crippen MR) is 113 cm³/mol. The highest BCUT2D eigenvalue weighted by atomic mass is 16.2. The first-order chi connectivity index (χ1) is 14.0. The van der Waals surface area contributed by atoms with Gasteiger partial charge in [-0.05, 0) is 55.2 Å². The lowest BCUT2D eigenvalue weighted by Gasteiger charge is -2.29. The van der Waals surface area contributed by atoms with Crippen molar-refractivity contribution >= 4 is 22.4 Å². The van der Waals surface area contributed by atoms with E-state index in [2.05, 4.69) is 39.4 Å². The summed E-state index contributed by atoms with van der Waals surface area (Å²) in [6, 6.07) is 12.9. The quantitative estimate of drug-likeness (QED) is 0.714. The third-order valence-corrected chi connectivity index (χ3v) is 5.47. The lowest BCUT2D eigenvalue weighted by atomic mass is 10.1. The van der Waals surface area contributed by atoms with Crippen LogP contribution < -0.4 is 16.0 Å². The SMILES string of the molecule is CN(Cc1ccc(N2CCCCC2)cc1)C(=O)c1ccc2c(=O)[nH][nH]c(=O)c2c1. The molecule has 0 radical (unpaired) electrons. The van der Waals surface area contributed by atoms with Gasteiger partial charge in [0.05, 0.1) is 10.8 Å². The van der Waals surface area contributed by atoms with Crippen molar-refractivity contribution in [3.63, 3.8) is 0 Å². The van der Waals surface area contributed by atoms with E-state index in [0.717, 1.165) is 18.7 Å². The number of hydrogen-bond acceptors (Lipinski definition) is 4. The molecule has 7 nitrogen and oxygen atoms in total. The first-order valence-corrected chi connectivity index (χ1v) is 9.87. The molecule has 1 aromatic heterocycles. The van der Waals surface area contributed by atoms with Crippen LogP contribution in [0.4, 0.5) is 5.69 Å². The summed E-state index contributed by atoms with van der Waals surface area (Å²) >= 11 is 0. The topological polar surface area (TPSA) is 89.3 Å². The third-order valence-electron chi connectivity index (χ3n) is 5.47. The summed E-state index contributed by atoms with van der Waals surface area (Å²) in [6.07, 6.45) is 3.77. The molecule has 0 unspecified atom stereocenters. The average molecular weight is 392 g/mol. The highest BCUT2D eigenvalue weighted by Gasteiger charge is 2.15. The minimum Gasteiger partial charge on any atom is -0.372 e. The van der Waals surface area contributed by atoms with Gasteiger partial charge in [-0.1, -0.05) is 12.1 Å². The summed E-state index contributed by atoms with van der Waals surface area (Å²) in [5, 5.41) is 5.04. The molecule has 1 amide bonds. The number of aromatic nitrogens is 2. The van der Waals surface area contributed by atoms with Crippen molar-refractivity contribution in [3.05, 3.63) is 74.3 Å². The van der Waals surface area contributed by atoms with Crippen LogP contribution in [0, 0.1) is 0 Å². The van der Waals surface area contributed by atoms with Gasteiger partial charge in [-0.2, -0.15) is 0 Å². The van der Waals surface area contributed by atoms with Crippen LogP contribution in [0.15, 0.2) is 52.1 Å². The first kappa shape index (κ1) is 19.0. The van der Waals surface area contributed by atoms with Gasteiger partial charge >= 0.3 is 0 Å². The monoisotopic (exact) mass is 392 g/mol. The van der Waals surface area contributed by atoms with Gasteiger partial charge in [0.15, 0.2) is 0 Å². The smallest absolute Gasteiger partial charge is 0.270 e. The molecule has 2 heterocycles. The Balaban J connectivity index is 1.49. The Morgan fingerprint density at radius 3 is 2.28 bits per heavy atom. The van der Waals surface area contributed by atoms with E-state index in [1.54, 1.807) is 18.0 Å². The van der Waals surface area contributed by atoms with Gasteiger partial charge in [-0.15, -0.1) is 0 Å². The zero-order valence-electron chi connectivity index (χ0n) is 16.4. The molecule has 3 aromatic rings. The Labute approximate surface area is 167 Å². The molecule has 1 aliphatic heterocycles. The molecule has 150 valence electrons. The number of carbonyl (C=O) groups excluding carboxylic acids is 1. The Kier molecular flexibility index (Phi) is 5.20. The summed E-state index contributed by atoms with van der Waals surface area (Å²) in [7, 11) is 1.73. The summed E-state index contributed by atoms with van der Waals surface area (Å²) in [5.74, 6) is -0.202. The zero-order chi connectivity index (χ0) is 20.4. The lowest BCUT2D eigenvalue weighted by molar-refractivity contribution is 0.0785. The van der Waals surface area contributed by atoms with E-state index in [1.807, 2.05) is 0 Å². The van der Waals surface area contributed by atoms with E-state index in [0.29, 0.717) is 12.1 Å². The Morgan fingerprint density at radius 1 is 0.931 bits per heavy atom. The number of nitrogens with one attached hydrogen (secondary N) is 2. The Hall–Kier alpha value is -3.35. The minimum atomic E-state index is -0.426. The summed E-state index contributed by atoms with van der Waals surface area (Å²) < 4.78 is 0. The molecule has 1 saturated heterocycles. The molecule has 1 fully saturated rings. The number of fused-ring (bicyclic) bond motifs is 1. The average Bonchev–Trinajstić information content (AvgIpc) is 2.76.